The van der Waals surface area contributed by atoms with Crippen molar-refractivity contribution in [1.29, 1.82) is 0 Å². The average molecular weight is 297 g/mol. The second kappa shape index (κ2) is 6.32. The lowest BCUT2D eigenvalue weighted by Gasteiger charge is -2.06. The first kappa shape index (κ1) is 14.9. The molecule has 0 aromatic carbocycles. The summed E-state index contributed by atoms with van der Waals surface area (Å²) in [5, 5.41) is 15.0. The smallest absolute Gasteiger partial charge is 0.359 e. The molecule has 2 aromatic rings. The summed E-state index contributed by atoms with van der Waals surface area (Å²) >= 11 is 1.46. The van der Waals surface area contributed by atoms with Crippen molar-refractivity contribution in [2.24, 2.45) is 0 Å². The van der Waals surface area contributed by atoms with Crippen LogP contribution in [0.5, 0.6) is 0 Å². The van der Waals surface area contributed by atoms with Gasteiger partial charge in [-0.1, -0.05) is 25.2 Å². The number of nitrogens with zero attached hydrogens (tertiary/aromatic N) is 3. The quantitative estimate of drug-likeness (QED) is 0.828. The molecule has 0 fully saturated rings. The molecule has 0 saturated carbocycles. The molecule has 0 bridgehead atoms. The molecule has 1 N–H and O–H groups in total. The zero-order valence-electron chi connectivity index (χ0n) is 11.9. The first-order valence-electron chi connectivity index (χ1n) is 6.82. The van der Waals surface area contributed by atoms with Gasteiger partial charge in [-0.15, -0.1) is 0 Å². The Balaban J connectivity index is 2.45. The number of rotatable bonds is 6. The standard InChI is InChI=1S/C13H19N3O3S/c1-4-8(5-2)11-15-16-9(7-17)10(12(18)19-6-3)14-13(16)20-11/h8,17H,4-7H2,1-3H3. The van der Waals surface area contributed by atoms with Crippen LogP contribution in [0.3, 0.4) is 0 Å². The van der Waals surface area contributed by atoms with Crippen molar-refractivity contribution in [3.8, 4) is 0 Å². The summed E-state index contributed by atoms with van der Waals surface area (Å²) in [4.78, 5) is 16.7. The molecule has 0 aliphatic rings. The number of aliphatic hydroxyl groups is 1. The largest absolute Gasteiger partial charge is 0.461 e. The predicted molar refractivity (Wildman–Crippen MR) is 76.1 cm³/mol. The Morgan fingerprint density at radius 1 is 1.40 bits per heavy atom. The van der Waals surface area contributed by atoms with Gasteiger partial charge in [-0.05, 0) is 19.8 Å². The molecule has 7 heteroatoms. The third-order valence-electron chi connectivity index (χ3n) is 3.27. The maximum atomic E-state index is 11.8. The first-order chi connectivity index (χ1) is 9.65. The van der Waals surface area contributed by atoms with Crippen LogP contribution in [0.2, 0.25) is 0 Å². The minimum Gasteiger partial charge on any atom is -0.461 e. The fourth-order valence-corrected chi connectivity index (χ4v) is 3.30. The normalized spacial score (nSPS) is 11.4. The fraction of sp³-hybridized carbons (Fsp3) is 0.615. The molecule has 0 spiro atoms. The minimum absolute atomic E-state index is 0.157. The zero-order valence-corrected chi connectivity index (χ0v) is 12.7. The number of carbonyl (C=O) groups excluding carboxylic acids is 1. The molecule has 2 heterocycles. The van der Waals surface area contributed by atoms with Crippen LogP contribution in [-0.4, -0.2) is 32.3 Å². The number of esters is 1. The number of hydrogen-bond acceptors (Lipinski definition) is 6. The third kappa shape index (κ3) is 2.55. The van der Waals surface area contributed by atoms with Crippen LogP contribution < -0.4 is 0 Å². The van der Waals surface area contributed by atoms with Gasteiger partial charge in [-0.25, -0.2) is 14.3 Å². The summed E-state index contributed by atoms with van der Waals surface area (Å²) in [5.74, 6) is -0.127. The number of aliphatic hydroxyl groups excluding tert-OH is 1. The van der Waals surface area contributed by atoms with Crippen LogP contribution in [0.25, 0.3) is 4.96 Å². The van der Waals surface area contributed by atoms with Gasteiger partial charge in [0.15, 0.2) is 5.69 Å². The van der Waals surface area contributed by atoms with Crippen LogP contribution in [0.1, 0.15) is 60.7 Å². The highest BCUT2D eigenvalue weighted by atomic mass is 32.1. The zero-order chi connectivity index (χ0) is 14.7. The summed E-state index contributed by atoms with van der Waals surface area (Å²) in [5.41, 5.74) is 0.552. The summed E-state index contributed by atoms with van der Waals surface area (Å²) in [6.45, 7) is 5.96. The number of aromatic nitrogens is 3. The number of imidazole rings is 1. The number of carbonyl (C=O) groups is 1. The van der Waals surface area contributed by atoms with E-state index in [9.17, 15) is 9.90 Å². The SMILES string of the molecule is CCOC(=O)c1nc2sc(C(CC)CC)nn2c1CO. The van der Waals surface area contributed by atoms with Crippen molar-refractivity contribution in [1.82, 2.24) is 14.6 Å². The molecule has 0 aliphatic carbocycles. The van der Waals surface area contributed by atoms with Gasteiger partial charge in [0.1, 0.15) is 10.7 Å². The van der Waals surface area contributed by atoms with E-state index in [0.29, 0.717) is 16.6 Å². The van der Waals surface area contributed by atoms with E-state index in [4.69, 9.17) is 4.74 Å². The van der Waals surface area contributed by atoms with E-state index in [-0.39, 0.29) is 18.9 Å². The Hall–Kier alpha value is -1.47. The molecule has 0 amide bonds. The summed E-state index contributed by atoms with van der Waals surface area (Å²) in [7, 11) is 0. The second-order valence-corrected chi connectivity index (χ2v) is 5.42. The lowest BCUT2D eigenvalue weighted by atomic mass is 10.1. The topological polar surface area (TPSA) is 76.7 Å². The highest BCUT2D eigenvalue weighted by molar-refractivity contribution is 7.16. The fourth-order valence-electron chi connectivity index (χ4n) is 2.11. The van der Waals surface area contributed by atoms with Crippen LogP contribution in [0, 0.1) is 0 Å². The number of fused-ring (bicyclic) bond motifs is 1. The maximum absolute atomic E-state index is 11.8. The van der Waals surface area contributed by atoms with E-state index < -0.39 is 5.97 Å². The molecule has 0 radical (unpaired) electrons. The first-order valence-corrected chi connectivity index (χ1v) is 7.64. The molecule has 0 unspecified atom stereocenters. The van der Waals surface area contributed by atoms with E-state index in [1.807, 2.05) is 0 Å². The van der Waals surface area contributed by atoms with Gasteiger partial charge in [-0.2, -0.15) is 5.10 Å². The molecule has 6 nitrogen and oxygen atoms in total. The Labute approximate surface area is 121 Å². The molecule has 20 heavy (non-hydrogen) atoms. The van der Waals surface area contributed by atoms with Gasteiger partial charge in [0.25, 0.3) is 0 Å². The summed E-state index contributed by atoms with van der Waals surface area (Å²) in [6.07, 6.45) is 2.01. The highest BCUT2D eigenvalue weighted by Gasteiger charge is 2.23. The maximum Gasteiger partial charge on any atom is 0.359 e. The van der Waals surface area contributed by atoms with Crippen molar-refractivity contribution in [2.75, 3.05) is 6.61 Å². The van der Waals surface area contributed by atoms with Gasteiger partial charge in [0, 0.05) is 5.92 Å². The van der Waals surface area contributed by atoms with Crippen LogP contribution >= 0.6 is 11.3 Å². The van der Waals surface area contributed by atoms with Gasteiger partial charge in [0.2, 0.25) is 4.96 Å². The second-order valence-electron chi connectivity index (χ2n) is 4.43. The van der Waals surface area contributed by atoms with Crippen LogP contribution in [0.15, 0.2) is 0 Å². The van der Waals surface area contributed by atoms with Crippen molar-refractivity contribution in [3.05, 3.63) is 16.4 Å². The average Bonchev–Trinajstić information content (AvgIpc) is 2.97. The van der Waals surface area contributed by atoms with Gasteiger partial charge in [-0.3, -0.25) is 0 Å². The molecule has 0 aliphatic heterocycles. The van der Waals surface area contributed by atoms with E-state index in [1.54, 1.807) is 11.4 Å². The van der Waals surface area contributed by atoms with Gasteiger partial charge < -0.3 is 9.84 Å². The highest BCUT2D eigenvalue weighted by Crippen LogP contribution is 2.29. The predicted octanol–water partition coefficient (Wildman–Crippen LogP) is 2.36. The third-order valence-corrected chi connectivity index (χ3v) is 4.34. The monoisotopic (exact) mass is 297 g/mol. The molecular formula is C13H19N3O3S. The minimum atomic E-state index is -0.515. The molecule has 110 valence electrons. The van der Waals surface area contributed by atoms with Crippen molar-refractivity contribution >= 4 is 22.3 Å². The van der Waals surface area contributed by atoms with Gasteiger partial charge in [0.05, 0.1) is 13.2 Å². The lowest BCUT2D eigenvalue weighted by Crippen LogP contribution is -2.09. The van der Waals surface area contributed by atoms with Gasteiger partial charge >= 0.3 is 5.97 Å². The lowest BCUT2D eigenvalue weighted by molar-refractivity contribution is 0.0516. The van der Waals surface area contributed by atoms with E-state index in [2.05, 4.69) is 23.9 Å². The Morgan fingerprint density at radius 3 is 2.65 bits per heavy atom. The molecule has 0 saturated heterocycles. The Kier molecular flexibility index (Phi) is 4.72. The van der Waals surface area contributed by atoms with E-state index in [1.165, 1.54) is 11.3 Å². The Morgan fingerprint density at radius 2 is 2.10 bits per heavy atom. The molecule has 2 rings (SSSR count). The van der Waals surface area contributed by atoms with Crippen molar-refractivity contribution < 1.29 is 14.6 Å². The molecule has 2 aromatic heterocycles. The molecular weight excluding hydrogens is 278 g/mol. The van der Waals surface area contributed by atoms with Crippen LogP contribution in [0.4, 0.5) is 0 Å². The van der Waals surface area contributed by atoms with E-state index >= 15 is 0 Å². The molecule has 0 atom stereocenters. The Bertz CT molecular complexity index is 601. The van der Waals surface area contributed by atoms with Crippen molar-refractivity contribution in [2.45, 2.75) is 46.1 Å². The summed E-state index contributed by atoms with van der Waals surface area (Å²) < 4.78 is 6.50. The number of ether oxygens (including phenoxy) is 1. The van der Waals surface area contributed by atoms with Crippen molar-refractivity contribution in [3.63, 3.8) is 0 Å². The van der Waals surface area contributed by atoms with E-state index in [0.717, 1.165) is 17.8 Å². The summed E-state index contributed by atoms with van der Waals surface area (Å²) in [6, 6.07) is 0. The number of hydrogen-bond donors (Lipinski definition) is 1. The van der Waals surface area contributed by atoms with Crippen LogP contribution in [-0.2, 0) is 11.3 Å².